The predicted octanol–water partition coefficient (Wildman–Crippen LogP) is 4.56. The van der Waals surface area contributed by atoms with Crippen LogP contribution in [0, 0.1) is 5.41 Å². The lowest BCUT2D eigenvalue weighted by molar-refractivity contribution is -0.117. The Kier molecular flexibility index (Phi) is 5.67. The highest BCUT2D eigenvalue weighted by molar-refractivity contribution is 5.97. The minimum Gasteiger partial charge on any atom is -0.300 e. The molecular formula is C18H26O2. The Balaban J connectivity index is 2.84. The molecule has 0 spiro atoms. The number of hydrogen-bond acceptors (Lipinski definition) is 2. The average Bonchev–Trinajstić information content (AvgIpc) is 2.33. The van der Waals surface area contributed by atoms with Gasteiger partial charge in [0.05, 0.1) is 0 Å². The van der Waals surface area contributed by atoms with Gasteiger partial charge in [-0.25, -0.2) is 0 Å². The first kappa shape index (κ1) is 16.6. The zero-order chi connectivity index (χ0) is 15.3. The number of carbonyl (C=O) groups is 2. The van der Waals surface area contributed by atoms with Gasteiger partial charge in [-0.1, -0.05) is 37.6 Å². The first-order valence-electron chi connectivity index (χ1n) is 7.33. The van der Waals surface area contributed by atoms with E-state index in [4.69, 9.17) is 0 Å². The normalized spacial score (nSPS) is 19.9. The van der Waals surface area contributed by atoms with Gasteiger partial charge in [-0.05, 0) is 50.2 Å². The summed E-state index contributed by atoms with van der Waals surface area (Å²) in [5.74, 6) is 0.484. The number of allylic oxidation sites excluding steroid dienone is 6. The van der Waals surface area contributed by atoms with Gasteiger partial charge in [0.15, 0.2) is 5.78 Å². The summed E-state index contributed by atoms with van der Waals surface area (Å²) in [6, 6.07) is 0. The monoisotopic (exact) mass is 274 g/mol. The van der Waals surface area contributed by atoms with E-state index in [-0.39, 0.29) is 17.0 Å². The highest BCUT2D eigenvalue weighted by Gasteiger charge is 2.30. The van der Waals surface area contributed by atoms with E-state index in [0.29, 0.717) is 12.8 Å². The van der Waals surface area contributed by atoms with Crippen LogP contribution in [0.25, 0.3) is 0 Å². The van der Waals surface area contributed by atoms with Crippen LogP contribution in [0.1, 0.15) is 60.3 Å². The molecule has 0 aromatic rings. The molecule has 0 aliphatic heterocycles. The van der Waals surface area contributed by atoms with Crippen molar-refractivity contribution in [3.05, 3.63) is 34.9 Å². The van der Waals surface area contributed by atoms with E-state index in [2.05, 4.69) is 32.1 Å². The Bertz CT molecular complexity index is 488. The van der Waals surface area contributed by atoms with Gasteiger partial charge < -0.3 is 4.79 Å². The summed E-state index contributed by atoms with van der Waals surface area (Å²) in [6.45, 7) is 9.96. The van der Waals surface area contributed by atoms with Crippen molar-refractivity contribution in [3.63, 3.8) is 0 Å². The second-order valence-electron chi connectivity index (χ2n) is 6.37. The molecule has 1 aliphatic rings. The van der Waals surface area contributed by atoms with E-state index < -0.39 is 0 Å². The van der Waals surface area contributed by atoms with E-state index in [0.717, 1.165) is 29.6 Å². The Morgan fingerprint density at radius 1 is 1.30 bits per heavy atom. The fourth-order valence-electron chi connectivity index (χ4n) is 2.54. The third kappa shape index (κ3) is 4.59. The molecule has 0 atom stereocenters. The number of ketones is 2. The molecule has 2 heteroatoms. The summed E-state index contributed by atoms with van der Waals surface area (Å²) in [4.78, 5) is 22.7. The standard InChI is InChI=1S/C18H26O2/c1-13(7-6-8-14(2)19)9-10-16-15(3)17(20)11-12-18(16,4)5/h7,9-10H,6,8,11-12H2,1-5H3/b10-9+,13-7+. The second kappa shape index (κ2) is 6.83. The molecule has 110 valence electrons. The quantitative estimate of drug-likeness (QED) is 0.688. The molecular weight excluding hydrogens is 248 g/mol. The molecule has 0 N–H and O–H groups in total. The fourth-order valence-corrected chi connectivity index (χ4v) is 2.54. The van der Waals surface area contributed by atoms with Crippen molar-refractivity contribution >= 4 is 11.6 Å². The highest BCUT2D eigenvalue weighted by Crippen LogP contribution is 2.39. The van der Waals surface area contributed by atoms with Crippen LogP contribution in [0.4, 0.5) is 0 Å². The first-order chi connectivity index (χ1) is 9.24. The zero-order valence-corrected chi connectivity index (χ0v) is 13.4. The minimum absolute atomic E-state index is 0.0636. The van der Waals surface area contributed by atoms with Crippen LogP contribution in [0.2, 0.25) is 0 Å². The molecule has 0 heterocycles. The van der Waals surface area contributed by atoms with E-state index in [1.807, 2.05) is 13.8 Å². The number of Topliss-reactive ketones (excluding diaryl/α,β-unsaturated/α-hetero) is 2. The molecule has 0 radical (unpaired) electrons. The van der Waals surface area contributed by atoms with Crippen LogP contribution >= 0.6 is 0 Å². The van der Waals surface area contributed by atoms with Crippen molar-refractivity contribution in [3.8, 4) is 0 Å². The molecule has 20 heavy (non-hydrogen) atoms. The summed E-state index contributed by atoms with van der Waals surface area (Å²) in [7, 11) is 0. The van der Waals surface area contributed by atoms with E-state index in [1.54, 1.807) is 6.92 Å². The van der Waals surface area contributed by atoms with Crippen LogP contribution in [0.3, 0.4) is 0 Å². The van der Waals surface area contributed by atoms with Crippen LogP contribution in [-0.4, -0.2) is 11.6 Å². The Labute approximate surface area is 122 Å². The molecule has 1 rings (SSSR count). The number of rotatable bonds is 5. The molecule has 0 aromatic heterocycles. The van der Waals surface area contributed by atoms with Crippen LogP contribution in [0.15, 0.2) is 34.9 Å². The average molecular weight is 274 g/mol. The summed E-state index contributed by atoms with van der Waals surface area (Å²) < 4.78 is 0. The largest absolute Gasteiger partial charge is 0.300 e. The molecule has 0 fully saturated rings. The van der Waals surface area contributed by atoms with Gasteiger partial charge in [-0.3, -0.25) is 4.79 Å². The number of hydrogen-bond donors (Lipinski definition) is 0. The van der Waals surface area contributed by atoms with Crippen LogP contribution < -0.4 is 0 Å². The molecule has 0 unspecified atom stereocenters. The van der Waals surface area contributed by atoms with E-state index in [9.17, 15) is 9.59 Å². The molecule has 2 nitrogen and oxygen atoms in total. The van der Waals surface area contributed by atoms with E-state index in [1.165, 1.54) is 0 Å². The number of carbonyl (C=O) groups excluding carboxylic acids is 2. The first-order valence-corrected chi connectivity index (χ1v) is 7.33. The lowest BCUT2D eigenvalue weighted by Gasteiger charge is -2.32. The van der Waals surface area contributed by atoms with Gasteiger partial charge in [-0.2, -0.15) is 0 Å². The lowest BCUT2D eigenvalue weighted by atomic mass is 9.72. The SMILES string of the molecule is CC(=O)CC/C=C(C)/C=C/C1=C(C)C(=O)CCC1(C)C. The summed E-state index contributed by atoms with van der Waals surface area (Å²) in [5.41, 5.74) is 3.25. The smallest absolute Gasteiger partial charge is 0.158 e. The maximum Gasteiger partial charge on any atom is 0.158 e. The molecule has 0 bridgehead atoms. The second-order valence-corrected chi connectivity index (χ2v) is 6.37. The van der Waals surface area contributed by atoms with E-state index >= 15 is 0 Å². The third-order valence-corrected chi connectivity index (χ3v) is 4.00. The van der Waals surface area contributed by atoms with Gasteiger partial charge in [0.2, 0.25) is 0 Å². The Hall–Kier alpha value is -1.44. The van der Waals surface area contributed by atoms with Gasteiger partial charge in [0.25, 0.3) is 0 Å². The topological polar surface area (TPSA) is 34.1 Å². The van der Waals surface area contributed by atoms with Gasteiger partial charge in [0, 0.05) is 12.8 Å². The molecule has 1 aliphatic carbocycles. The van der Waals surface area contributed by atoms with Gasteiger partial charge in [-0.15, -0.1) is 0 Å². The predicted molar refractivity (Wildman–Crippen MR) is 83.5 cm³/mol. The van der Waals surface area contributed by atoms with Crippen LogP contribution in [0.5, 0.6) is 0 Å². The van der Waals surface area contributed by atoms with Crippen molar-refractivity contribution in [1.29, 1.82) is 0 Å². The lowest BCUT2D eigenvalue weighted by Crippen LogP contribution is -2.24. The van der Waals surface area contributed by atoms with Crippen molar-refractivity contribution in [2.24, 2.45) is 5.41 Å². The molecule has 0 aromatic carbocycles. The van der Waals surface area contributed by atoms with Gasteiger partial charge in [0.1, 0.15) is 5.78 Å². The van der Waals surface area contributed by atoms with Crippen LogP contribution in [-0.2, 0) is 9.59 Å². The fraction of sp³-hybridized carbons (Fsp3) is 0.556. The van der Waals surface area contributed by atoms with Crippen molar-refractivity contribution in [2.75, 3.05) is 0 Å². The minimum atomic E-state index is 0.0636. The zero-order valence-electron chi connectivity index (χ0n) is 13.4. The van der Waals surface area contributed by atoms with Gasteiger partial charge >= 0.3 is 0 Å². The maximum absolute atomic E-state index is 11.8. The highest BCUT2D eigenvalue weighted by atomic mass is 16.1. The Morgan fingerprint density at radius 2 is 1.95 bits per heavy atom. The van der Waals surface area contributed by atoms with Crippen molar-refractivity contribution in [2.45, 2.75) is 60.3 Å². The van der Waals surface area contributed by atoms with Crippen molar-refractivity contribution in [1.82, 2.24) is 0 Å². The molecule has 0 saturated heterocycles. The third-order valence-electron chi connectivity index (χ3n) is 4.00. The summed E-state index contributed by atoms with van der Waals surface area (Å²) in [6.07, 6.45) is 9.15. The van der Waals surface area contributed by atoms with Crippen molar-refractivity contribution < 1.29 is 9.59 Å². The summed E-state index contributed by atoms with van der Waals surface area (Å²) in [5, 5.41) is 0. The molecule has 0 amide bonds. The summed E-state index contributed by atoms with van der Waals surface area (Å²) >= 11 is 0. The Morgan fingerprint density at radius 3 is 2.55 bits per heavy atom. The maximum atomic E-state index is 11.8. The molecule has 0 saturated carbocycles.